The van der Waals surface area contributed by atoms with Gasteiger partial charge in [0, 0.05) is 62.1 Å². The monoisotopic (exact) mass is 631 g/mol. The lowest BCUT2D eigenvalue weighted by Crippen LogP contribution is -1.98. The van der Waals surface area contributed by atoms with Crippen molar-refractivity contribution < 1.29 is 0 Å². The van der Waals surface area contributed by atoms with Gasteiger partial charge in [0.1, 0.15) is 11.0 Å². The minimum atomic E-state index is 0.881. The van der Waals surface area contributed by atoms with Crippen molar-refractivity contribution >= 4 is 65.4 Å². The Bertz CT molecular complexity index is 2900. The molecule has 0 atom stereocenters. The molecule has 0 N–H and O–H groups in total. The molecular formula is C44H33N5. The van der Waals surface area contributed by atoms with Crippen LogP contribution in [0.15, 0.2) is 140 Å². The van der Waals surface area contributed by atoms with E-state index in [1.165, 1.54) is 71.3 Å². The van der Waals surface area contributed by atoms with Crippen LogP contribution in [0, 0.1) is 0 Å². The summed E-state index contributed by atoms with van der Waals surface area (Å²) in [5.41, 5.74) is 12.5. The Morgan fingerprint density at radius 2 is 0.939 bits per heavy atom. The van der Waals surface area contributed by atoms with Gasteiger partial charge in [-0.15, -0.1) is 10.2 Å². The van der Waals surface area contributed by atoms with E-state index in [2.05, 4.69) is 163 Å². The summed E-state index contributed by atoms with van der Waals surface area (Å²) in [5, 5.41) is 17.5. The molecule has 0 saturated carbocycles. The van der Waals surface area contributed by atoms with Gasteiger partial charge in [0.2, 0.25) is 0 Å². The van der Waals surface area contributed by atoms with Crippen molar-refractivity contribution in [1.82, 2.24) is 24.1 Å². The number of nitrogens with zero attached hydrogens (tertiary/aromatic N) is 5. The Morgan fingerprint density at radius 1 is 0.429 bits per heavy atom. The molecule has 3 aromatic heterocycles. The van der Waals surface area contributed by atoms with Crippen LogP contribution in [-0.4, -0.2) is 24.1 Å². The fraction of sp³-hybridized carbons (Fsp3) is 0.0909. The Kier molecular flexibility index (Phi) is 6.06. The van der Waals surface area contributed by atoms with Gasteiger partial charge in [0.25, 0.3) is 0 Å². The minimum Gasteiger partial charge on any atom is -0.341 e. The first-order valence-corrected chi connectivity index (χ1v) is 17.1. The molecular weight excluding hydrogens is 599 g/mol. The fourth-order valence-electron chi connectivity index (χ4n) is 8.02. The normalized spacial score (nSPS) is 12.0. The van der Waals surface area contributed by atoms with Gasteiger partial charge in [0.15, 0.2) is 0 Å². The summed E-state index contributed by atoms with van der Waals surface area (Å²) in [4.78, 5) is 1.78. The highest BCUT2D eigenvalue weighted by molar-refractivity contribution is 6.14. The van der Waals surface area contributed by atoms with Gasteiger partial charge < -0.3 is 9.13 Å². The standard InChI is InChI=1S/C44H33N5/c1-3-47-40-15-9-7-12-33(40)37-25-29(19-23-42(37)47)28-17-21-31(22-18-28)49-45-39-27-36(32-11-5-6-14-35(32)44(39)46-49)30-20-24-43-38(26-30)34-13-8-10-16-41(34)48(43)4-2/h5-27H,3-4H2,1-2H3. The predicted molar refractivity (Wildman–Crippen MR) is 205 cm³/mol. The van der Waals surface area contributed by atoms with Crippen molar-refractivity contribution in [2.24, 2.45) is 0 Å². The molecule has 0 spiro atoms. The van der Waals surface area contributed by atoms with Gasteiger partial charge in [-0.3, -0.25) is 0 Å². The van der Waals surface area contributed by atoms with Gasteiger partial charge >= 0.3 is 0 Å². The number of aromatic nitrogens is 5. The highest BCUT2D eigenvalue weighted by Crippen LogP contribution is 2.38. The van der Waals surface area contributed by atoms with Crippen molar-refractivity contribution in [3.8, 4) is 27.9 Å². The third-order valence-corrected chi connectivity index (χ3v) is 10.3. The molecule has 0 saturated heterocycles. The largest absolute Gasteiger partial charge is 0.341 e. The van der Waals surface area contributed by atoms with E-state index >= 15 is 0 Å². The van der Waals surface area contributed by atoms with Crippen molar-refractivity contribution in [2.75, 3.05) is 0 Å². The lowest BCUT2D eigenvalue weighted by molar-refractivity contribution is 0.766. The maximum atomic E-state index is 5.04. The molecule has 0 unspecified atom stereocenters. The van der Waals surface area contributed by atoms with Crippen molar-refractivity contribution in [1.29, 1.82) is 0 Å². The zero-order valence-corrected chi connectivity index (χ0v) is 27.4. The lowest BCUT2D eigenvalue weighted by Gasteiger charge is -2.09. The number of para-hydroxylation sites is 2. The highest BCUT2D eigenvalue weighted by Gasteiger charge is 2.16. The second kappa shape index (κ2) is 10.7. The molecule has 0 bridgehead atoms. The topological polar surface area (TPSA) is 40.6 Å². The second-order valence-electron chi connectivity index (χ2n) is 12.9. The summed E-state index contributed by atoms with van der Waals surface area (Å²) in [6, 6.07) is 50.4. The second-order valence-corrected chi connectivity index (χ2v) is 12.9. The molecule has 0 aliphatic rings. The smallest absolute Gasteiger partial charge is 0.121 e. The zero-order chi connectivity index (χ0) is 32.6. The van der Waals surface area contributed by atoms with E-state index in [4.69, 9.17) is 10.2 Å². The molecule has 0 radical (unpaired) electrons. The van der Waals surface area contributed by atoms with E-state index in [0.29, 0.717) is 0 Å². The average molecular weight is 632 g/mol. The quantitative estimate of drug-likeness (QED) is 0.190. The lowest BCUT2D eigenvalue weighted by atomic mass is 9.96. The average Bonchev–Trinajstić information content (AvgIpc) is 3.84. The predicted octanol–water partition coefficient (Wildman–Crippen LogP) is 11.2. The highest BCUT2D eigenvalue weighted by atomic mass is 15.5. The summed E-state index contributed by atoms with van der Waals surface area (Å²) in [7, 11) is 0. The molecule has 7 aromatic carbocycles. The number of hydrogen-bond acceptors (Lipinski definition) is 2. The van der Waals surface area contributed by atoms with Crippen LogP contribution < -0.4 is 0 Å². The van der Waals surface area contributed by atoms with Crippen LogP contribution in [0.25, 0.3) is 93.4 Å². The molecule has 0 fully saturated rings. The summed E-state index contributed by atoms with van der Waals surface area (Å²) < 4.78 is 4.79. The first kappa shape index (κ1) is 27.9. The summed E-state index contributed by atoms with van der Waals surface area (Å²) in [5.74, 6) is 0. The molecule has 3 heterocycles. The van der Waals surface area contributed by atoms with Crippen LogP contribution in [-0.2, 0) is 13.1 Å². The molecule has 10 aromatic rings. The van der Waals surface area contributed by atoms with Crippen LogP contribution in [0.3, 0.4) is 0 Å². The van der Waals surface area contributed by atoms with Gasteiger partial charge in [-0.25, -0.2) is 0 Å². The van der Waals surface area contributed by atoms with E-state index < -0.39 is 0 Å². The first-order chi connectivity index (χ1) is 24.2. The van der Waals surface area contributed by atoms with Crippen LogP contribution in [0.2, 0.25) is 0 Å². The van der Waals surface area contributed by atoms with Gasteiger partial charge in [-0.2, -0.15) is 4.80 Å². The van der Waals surface area contributed by atoms with E-state index in [1.54, 1.807) is 4.80 Å². The maximum absolute atomic E-state index is 5.04. The molecule has 10 rings (SSSR count). The number of rotatable bonds is 5. The Hall–Kier alpha value is -6.20. The SMILES string of the molecule is CCn1c2ccccc2c2cc(-c3ccc(-n4nc5cc(-c6ccc7c(c6)c6ccccc6n7CC)c6ccccc6c5n4)cc3)ccc21. The summed E-state index contributed by atoms with van der Waals surface area (Å²) in [6.45, 7) is 6.30. The molecule has 0 aliphatic carbocycles. The third-order valence-electron chi connectivity index (χ3n) is 10.3. The van der Waals surface area contributed by atoms with Crippen LogP contribution >= 0.6 is 0 Å². The number of aryl methyl sites for hydroxylation is 2. The van der Waals surface area contributed by atoms with Crippen molar-refractivity contribution in [2.45, 2.75) is 26.9 Å². The van der Waals surface area contributed by atoms with Crippen molar-refractivity contribution in [3.63, 3.8) is 0 Å². The van der Waals surface area contributed by atoms with Gasteiger partial charge in [0.05, 0.1) is 5.69 Å². The van der Waals surface area contributed by atoms with E-state index in [0.717, 1.165) is 35.2 Å². The van der Waals surface area contributed by atoms with Crippen LogP contribution in [0.1, 0.15) is 13.8 Å². The number of hydrogen-bond donors (Lipinski definition) is 0. The summed E-state index contributed by atoms with van der Waals surface area (Å²) in [6.07, 6.45) is 0. The number of benzene rings is 7. The Morgan fingerprint density at radius 3 is 1.57 bits per heavy atom. The molecule has 5 heteroatoms. The van der Waals surface area contributed by atoms with E-state index in [-0.39, 0.29) is 0 Å². The first-order valence-electron chi connectivity index (χ1n) is 17.1. The third kappa shape index (κ3) is 4.12. The molecule has 0 amide bonds. The zero-order valence-electron chi connectivity index (χ0n) is 27.4. The van der Waals surface area contributed by atoms with Crippen LogP contribution in [0.4, 0.5) is 0 Å². The molecule has 234 valence electrons. The van der Waals surface area contributed by atoms with E-state index in [9.17, 15) is 0 Å². The summed E-state index contributed by atoms with van der Waals surface area (Å²) >= 11 is 0. The molecule has 5 nitrogen and oxygen atoms in total. The number of fused-ring (bicyclic) bond motifs is 9. The Balaban J connectivity index is 1.07. The molecule has 49 heavy (non-hydrogen) atoms. The molecule has 0 aliphatic heterocycles. The fourth-order valence-corrected chi connectivity index (χ4v) is 8.02. The maximum Gasteiger partial charge on any atom is 0.121 e. The van der Waals surface area contributed by atoms with Gasteiger partial charge in [-0.05, 0) is 96.1 Å². The van der Waals surface area contributed by atoms with Gasteiger partial charge in [-0.1, -0.05) is 84.9 Å². The minimum absolute atomic E-state index is 0.881. The van der Waals surface area contributed by atoms with Crippen LogP contribution in [0.5, 0.6) is 0 Å². The van der Waals surface area contributed by atoms with E-state index in [1.807, 2.05) is 0 Å². The van der Waals surface area contributed by atoms with Crippen molar-refractivity contribution in [3.05, 3.63) is 140 Å². The Labute approximate surface area is 283 Å².